The minimum Gasteiger partial charge on any atom is -0.327 e. The van der Waals surface area contributed by atoms with Gasteiger partial charge in [-0.25, -0.2) is 4.52 Å². The maximum absolute atomic E-state index is 6.03. The van der Waals surface area contributed by atoms with Crippen molar-refractivity contribution in [2.45, 2.75) is 31.8 Å². The Bertz CT molecular complexity index is 560. The molecule has 1 aliphatic heterocycles. The van der Waals surface area contributed by atoms with Gasteiger partial charge >= 0.3 is 0 Å². The van der Waals surface area contributed by atoms with Crippen LogP contribution in [0.25, 0.3) is 5.52 Å². The molecule has 4 nitrogen and oxygen atoms in total. The van der Waals surface area contributed by atoms with E-state index >= 15 is 0 Å². The molecule has 96 valence electrons. The zero-order chi connectivity index (χ0) is 12.7. The number of fused-ring (bicyclic) bond motifs is 1. The second-order valence-electron chi connectivity index (χ2n) is 5.32. The van der Waals surface area contributed by atoms with E-state index in [0.717, 1.165) is 25.1 Å². The van der Waals surface area contributed by atoms with Crippen LogP contribution in [0, 0.1) is 6.92 Å². The van der Waals surface area contributed by atoms with Crippen LogP contribution in [0.15, 0.2) is 24.4 Å². The number of likely N-dealkylation sites (N-methyl/N-ethyl adjacent to an activating group) is 1. The summed E-state index contributed by atoms with van der Waals surface area (Å²) in [6.45, 7) is 3.07. The fraction of sp³-hybridized carbons (Fsp3) is 0.500. The summed E-state index contributed by atoms with van der Waals surface area (Å²) in [5.41, 5.74) is 9.75. The minimum atomic E-state index is 0.313. The van der Waals surface area contributed by atoms with E-state index < -0.39 is 0 Å². The molecule has 4 heteroatoms. The number of nitrogens with zero attached hydrogens (tertiary/aromatic N) is 3. The maximum Gasteiger partial charge on any atom is 0.0712 e. The average molecular weight is 244 g/mol. The average Bonchev–Trinajstić information content (AvgIpc) is 2.66. The fourth-order valence-corrected chi connectivity index (χ4v) is 3.09. The van der Waals surface area contributed by atoms with Crippen molar-refractivity contribution in [3.63, 3.8) is 0 Å². The highest BCUT2D eigenvalue weighted by molar-refractivity contribution is 5.57. The van der Waals surface area contributed by atoms with Crippen LogP contribution in [0.5, 0.6) is 0 Å². The first-order valence-electron chi connectivity index (χ1n) is 6.56. The highest BCUT2D eigenvalue weighted by atomic mass is 15.2. The van der Waals surface area contributed by atoms with Gasteiger partial charge in [0.15, 0.2) is 0 Å². The molecule has 0 spiro atoms. The number of hydrogen-bond acceptors (Lipinski definition) is 3. The Morgan fingerprint density at radius 1 is 1.33 bits per heavy atom. The van der Waals surface area contributed by atoms with E-state index in [1.54, 1.807) is 0 Å². The standard InChI is InChI=1S/C14H20N4/c1-10-14(12-7-6-11(15)9-17(12)2)13-5-3-4-8-18(13)16-10/h3-5,8,11-12H,6-7,9,15H2,1-2H3. The largest absolute Gasteiger partial charge is 0.327 e. The summed E-state index contributed by atoms with van der Waals surface area (Å²) in [7, 11) is 2.16. The van der Waals surface area contributed by atoms with Gasteiger partial charge in [0.2, 0.25) is 0 Å². The Hall–Kier alpha value is -1.39. The topological polar surface area (TPSA) is 46.6 Å². The molecule has 1 aliphatic rings. The summed E-state index contributed by atoms with van der Waals surface area (Å²) in [5.74, 6) is 0. The van der Waals surface area contributed by atoms with Crippen LogP contribution in [0.2, 0.25) is 0 Å². The van der Waals surface area contributed by atoms with Crippen molar-refractivity contribution in [1.29, 1.82) is 0 Å². The van der Waals surface area contributed by atoms with Gasteiger partial charge < -0.3 is 5.73 Å². The van der Waals surface area contributed by atoms with Crippen molar-refractivity contribution in [2.24, 2.45) is 5.73 Å². The summed E-state index contributed by atoms with van der Waals surface area (Å²) in [6.07, 6.45) is 4.23. The molecule has 0 aromatic carbocycles. The first-order valence-corrected chi connectivity index (χ1v) is 6.56. The van der Waals surface area contributed by atoms with Gasteiger partial charge in [-0.05, 0) is 38.9 Å². The van der Waals surface area contributed by atoms with Crippen molar-refractivity contribution in [3.05, 3.63) is 35.7 Å². The molecule has 2 atom stereocenters. The molecule has 0 aliphatic carbocycles. The number of nitrogens with two attached hydrogens (primary N) is 1. The summed E-state index contributed by atoms with van der Waals surface area (Å²) in [4.78, 5) is 2.37. The quantitative estimate of drug-likeness (QED) is 0.831. The zero-order valence-corrected chi connectivity index (χ0v) is 11.0. The van der Waals surface area contributed by atoms with Gasteiger partial charge in [-0.3, -0.25) is 4.90 Å². The van der Waals surface area contributed by atoms with E-state index in [-0.39, 0.29) is 0 Å². The van der Waals surface area contributed by atoms with E-state index in [1.807, 2.05) is 16.8 Å². The molecule has 2 N–H and O–H groups in total. The van der Waals surface area contributed by atoms with Gasteiger partial charge in [-0.15, -0.1) is 0 Å². The maximum atomic E-state index is 6.03. The van der Waals surface area contributed by atoms with Gasteiger partial charge in [-0.2, -0.15) is 5.10 Å². The van der Waals surface area contributed by atoms with Crippen molar-refractivity contribution in [2.75, 3.05) is 13.6 Å². The molecule has 0 amide bonds. The van der Waals surface area contributed by atoms with E-state index in [1.165, 1.54) is 11.1 Å². The predicted molar refractivity (Wildman–Crippen MR) is 72.5 cm³/mol. The first-order chi connectivity index (χ1) is 8.66. The third-order valence-corrected chi connectivity index (χ3v) is 3.96. The number of hydrogen-bond donors (Lipinski definition) is 1. The van der Waals surface area contributed by atoms with Crippen LogP contribution in [0.1, 0.15) is 30.1 Å². The molecular formula is C14H20N4. The van der Waals surface area contributed by atoms with Gasteiger partial charge in [0.25, 0.3) is 0 Å². The Balaban J connectivity index is 2.06. The number of piperidine rings is 1. The predicted octanol–water partition coefficient (Wildman–Crippen LogP) is 1.74. The Kier molecular flexibility index (Phi) is 2.84. The van der Waals surface area contributed by atoms with Crippen molar-refractivity contribution in [3.8, 4) is 0 Å². The van der Waals surface area contributed by atoms with Crippen LogP contribution in [0.3, 0.4) is 0 Å². The number of aryl methyl sites for hydroxylation is 1. The summed E-state index contributed by atoms with van der Waals surface area (Å²) < 4.78 is 1.98. The number of pyridine rings is 1. The smallest absolute Gasteiger partial charge is 0.0712 e. The van der Waals surface area contributed by atoms with E-state index in [2.05, 4.69) is 36.1 Å². The number of rotatable bonds is 1. The molecule has 1 fully saturated rings. The highest BCUT2D eigenvalue weighted by Gasteiger charge is 2.28. The second kappa shape index (κ2) is 4.37. The Labute approximate surface area is 107 Å². The molecule has 18 heavy (non-hydrogen) atoms. The minimum absolute atomic E-state index is 0.313. The van der Waals surface area contributed by atoms with Crippen LogP contribution >= 0.6 is 0 Å². The molecule has 3 rings (SSSR count). The van der Waals surface area contributed by atoms with E-state index in [9.17, 15) is 0 Å². The monoisotopic (exact) mass is 244 g/mol. The summed E-state index contributed by atoms with van der Waals surface area (Å²) in [5, 5.41) is 4.60. The zero-order valence-electron chi connectivity index (χ0n) is 11.0. The van der Waals surface area contributed by atoms with Crippen LogP contribution in [0.4, 0.5) is 0 Å². The van der Waals surface area contributed by atoms with Crippen LogP contribution in [-0.2, 0) is 0 Å². The SMILES string of the molecule is Cc1nn2ccccc2c1C1CCC(N)CN1C. The van der Waals surface area contributed by atoms with Crippen molar-refractivity contribution in [1.82, 2.24) is 14.5 Å². The molecular weight excluding hydrogens is 224 g/mol. The normalized spacial score (nSPS) is 25.7. The van der Waals surface area contributed by atoms with Crippen molar-refractivity contribution >= 4 is 5.52 Å². The third kappa shape index (κ3) is 1.82. The van der Waals surface area contributed by atoms with E-state index in [4.69, 9.17) is 5.73 Å². The van der Waals surface area contributed by atoms with Gasteiger partial charge in [-0.1, -0.05) is 6.07 Å². The molecule has 0 saturated carbocycles. The van der Waals surface area contributed by atoms with Gasteiger partial charge in [0.1, 0.15) is 0 Å². The number of likely N-dealkylation sites (tertiary alicyclic amines) is 1. The summed E-state index contributed by atoms with van der Waals surface area (Å²) >= 11 is 0. The second-order valence-corrected chi connectivity index (χ2v) is 5.32. The van der Waals surface area contributed by atoms with Crippen molar-refractivity contribution < 1.29 is 0 Å². The first kappa shape index (κ1) is 11.7. The lowest BCUT2D eigenvalue weighted by atomic mass is 9.93. The molecule has 1 saturated heterocycles. The molecule has 2 aromatic rings. The van der Waals surface area contributed by atoms with Crippen LogP contribution in [-0.4, -0.2) is 34.1 Å². The molecule has 2 unspecified atom stereocenters. The number of aromatic nitrogens is 2. The third-order valence-electron chi connectivity index (χ3n) is 3.96. The molecule has 3 heterocycles. The lowest BCUT2D eigenvalue weighted by Gasteiger charge is -2.35. The lowest BCUT2D eigenvalue weighted by Crippen LogP contribution is -2.42. The Morgan fingerprint density at radius 3 is 2.94 bits per heavy atom. The molecule has 2 aromatic heterocycles. The fourth-order valence-electron chi connectivity index (χ4n) is 3.09. The Morgan fingerprint density at radius 2 is 2.17 bits per heavy atom. The van der Waals surface area contributed by atoms with Gasteiger partial charge in [0, 0.05) is 30.4 Å². The van der Waals surface area contributed by atoms with Gasteiger partial charge in [0.05, 0.1) is 11.2 Å². The molecule has 0 bridgehead atoms. The highest BCUT2D eigenvalue weighted by Crippen LogP contribution is 2.33. The lowest BCUT2D eigenvalue weighted by molar-refractivity contribution is 0.170. The summed E-state index contributed by atoms with van der Waals surface area (Å²) in [6, 6.07) is 7.01. The molecule has 0 radical (unpaired) electrons. The van der Waals surface area contributed by atoms with E-state index in [0.29, 0.717) is 12.1 Å². The van der Waals surface area contributed by atoms with Crippen LogP contribution < -0.4 is 5.73 Å².